The Kier molecular flexibility index (Phi) is 7.74. The molecule has 0 bridgehead atoms. The van der Waals surface area contributed by atoms with Crippen LogP contribution in [0.15, 0.2) is 48.5 Å². The molecule has 2 amide bonds. The Morgan fingerprint density at radius 1 is 1.14 bits per heavy atom. The number of nitrogens with zero attached hydrogens (tertiary/aromatic N) is 2. The van der Waals surface area contributed by atoms with E-state index in [9.17, 15) is 9.18 Å². The Bertz CT molecular complexity index is 763. The second kappa shape index (κ2) is 10.5. The summed E-state index contributed by atoms with van der Waals surface area (Å²) in [6, 6.07) is 14.3. The predicted octanol–water partition coefficient (Wildman–Crippen LogP) is 4.47. The number of benzene rings is 2. The summed E-state index contributed by atoms with van der Waals surface area (Å²) in [6.45, 7) is 6.29. The SMILES string of the molecule is CCN(Cc1cccc(F)c1)C(=O)Nc1ccc(CCN2CCSCC2)cc1. The Morgan fingerprint density at radius 2 is 1.89 bits per heavy atom. The second-order valence-electron chi connectivity index (χ2n) is 6.98. The van der Waals surface area contributed by atoms with E-state index in [1.807, 2.05) is 36.9 Å². The fourth-order valence-electron chi connectivity index (χ4n) is 3.25. The number of hydrogen-bond donors (Lipinski definition) is 1. The molecule has 6 heteroatoms. The number of carbonyl (C=O) groups excluding carboxylic acids is 1. The third kappa shape index (κ3) is 6.24. The standard InChI is InChI=1S/C22H28FN3OS/c1-2-26(17-19-4-3-5-20(23)16-19)22(27)24-21-8-6-18(7-9-21)10-11-25-12-14-28-15-13-25/h3-9,16H,2,10-15,17H2,1H3,(H,24,27). The molecule has 1 aliphatic heterocycles. The molecule has 0 radical (unpaired) electrons. The zero-order valence-corrected chi connectivity index (χ0v) is 17.2. The molecule has 0 aliphatic carbocycles. The molecule has 2 aromatic rings. The van der Waals surface area contributed by atoms with E-state index in [2.05, 4.69) is 22.3 Å². The Morgan fingerprint density at radius 3 is 2.57 bits per heavy atom. The molecule has 4 nitrogen and oxygen atoms in total. The molecule has 0 atom stereocenters. The number of urea groups is 1. The molecule has 0 unspecified atom stereocenters. The first-order valence-electron chi connectivity index (χ1n) is 9.83. The molecule has 150 valence electrons. The van der Waals surface area contributed by atoms with Crippen molar-refractivity contribution in [2.24, 2.45) is 0 Å². The van der Waals surface area contributed by atoms with Gasteiger partial charge in [0.1, 0.15) is 5.82 Å². The lowest BCUT2D eigenvalue weighted by atomic mass is 10.1. The van der Waals surface area contributed by atoms with E-state index in [0.29, 0.717) is 13.1 Å². The molecule has 28 heavy (non-hydrogen) atoms. The third-order valence-electron chi connectivity index (χ3n) is 4.96. The molecule has 1 heterocycles. The van der Waals surface area contributed by atoms with Crippen molar-refractivity contribution in [3.63, 3.8) is 0 Å². The van der Waals surface area contributed by atoms with Gasteiger partial charge in [0.25, 0.3) is 0 Å². The monoisotopic (exact) mass is 401 g/mol. The van der Waals surface area contributed by atoms with Crippen LogP contribution in [0.5, 0.6) is 0 Å². The van der Waals surface area contributed by atoms with Crippen LogP contribution >= 0.6 is 11.8 Å². The lowest BCUT2D eigenvalue weighted by molar-refractivity contribution is 0.212. The van der Waals surface area contributed by atoms with Crippen LogP contribution in [-0.4, -0.2) is 53.5 Å². The Labute approximate surface area is 171 Å². The zero-order chi connectivity index (χ0) is 19.8. The summed E-state index contributed by atoms with van der Waals surface area (Å²) in [7, 11) is 0. The van der Waals surface area contributed by atoms with Gasteiger partial charge in [0.05, 0.1) is 0 Å². The number of thioether (sulfide) groups is 1. The van der Waals surface area contributed by atoms with Crippen LogP contribution in [-0.2, 0) is 13.0 Å². The normalized spacial score (nSPS) is 14.6. The quantitative estimate of drug-likeness (QED) is 0.743. The van der Waals surface area contributed by atoms with Gasteiger partial charge >= 0.3 is 6.03 Å². The van der Waals surface area contributed by atoms with Gasteiger partial charge in [0.2, 0.25) is 0 Å². The summed E-state index contributed by atoms with van der Waals surface area (Å²) in [6.07, 6.45) is 1.03. The minimum atomic E-state index is -0.284. The first kappa shape index (κ1) is 20.7. The van der Waals surface area contributed by atoms with Crippen LogP contribution in [0, 0.1) is 5.82 Å². The molecule has 1 fully saturated rings. The molecule has 3 rings (SSSR count). The first-order valence-corrected chi connectivity index (χ1v) is 11.0. The highest BCUT2D eigenvalue weighted by Gasteiger charge is 2.13. The van der Waals surface area contributed by atoms with Crippen molar-refractivity contribution >= 4 is 23.5 Å². The molecule has 1 saturated heterocycles. The van der Waals surface area contributed by atoms with Crippen LogP contribution < -0.4 is 5.32 Å². The first-order chi connectivity index (χ1) is 13.6. The smallest absolute Gasteiger partial charge is 0.320 e. The Hall–Kier alpha value is -2.05. The van der Waals surface area contributed by atoms with Gasteiger partial charge in [0.15, 0.2) is 0 Å². The van der Waals surface area contributed by atoms with Crippen molar-refractivity contribution in [3.8, 4) is 0 Å². The molecular formula is C22H28FN3OS. The van der Waals surface area contributed by atoms with Gasteiger partial charge in [-0.2, -0.15) is 11.8 Å². The number of anilines is 1. The molecule has 2 aromatic carbocycles. The lowest BCUT2D eigenvalue weighted by Crippen LogP contribution is -2.34. The van der Waals surface area contributed by atoms with Crippen molar-refractivity contribution in [2.45, 2.75) is 19.9 Å². The van der Waals surface area contributed by atoms with Gasteiger partial charge in [-0.3, -0.25) is 0 Å². The number of halogens is 1. The maximum absolute atomic E-state index is 13.4. The van der Waals surface area contributed by atoms with E-state index < -0.39 is 0 Å². The van der Waals surface area contributed by atoms with Crippen LogP contribution in [0.3, 0.4) is 0 Å². The van der Waals surface area contributed by atoms with Crippen LogP contribution in [0.1, 0.15) is 18.1 Å². The van der Waals surface area contributed by atoms with Crippen LogP contribution in [0.4, 0.5) is 14.9 Å². The summed E-state index contributed by atoms with van der Waals surface area (Å²) < 4.78 is 13.4. The minimum absolute atomic E-state index is 0.176. The lowest BCUT2D eigenvalue weighted by Gasteiger charge is -2.26. The number of rotatable bonds is 7. The molecule has 1 aliphatic rings. The van der Waals surface area contributed by atoms with Crippen molar-refractivity contribution in [3.05, 3.63) is 65.5 Å². The van der Waals surface area contributed by atoms with Crippen LogP contribution in [0.25, 0.3) is 0 Å². The average molecular weight is 402 g/mol. The van der Waals surface area contributed by atoms with Crippen molar-refractivity contribution in [2.75, 3.05) is 43.0 Å². The maximum atomic E-state index is 13.4. The number of carbonyl (C=O) groups is 1. The van der Waals surface area contributed by atoms with Gasteiger partial charge < -0.3 is 15.1 Å². The van der Waals surface area contributed by atoms with E-state index >= 15 is 0 Å². The molecule has 1 N–H and O–H groups in total. The highest BCUT2D eigenvalue weighted by atomic mass is 32.2. The molecule has 0 spiro atoms. The van der Waals surface area contributed by atoms with E-state index in [1.165, 1.54) is 42.3 Å². The molecule has 0 aromatic heterocycles. The molecule has 0 saturated carbocycles. The predicted molar refractivity (Wildman–Crippen MR) is 115 cm³/mol. The largest absolute Gasteiger partial charge is 0.322 e. The Balaban J connectivity index is 1.51. The summed E-state index contributed by atoms with van der Waals surface area (Å²) in [4.78, 5) is 16.7. The number of hydrogen-bond acceptors (Lipinski definition) is 3. The fourth-order valence-corrected chi connectivity index (χ4v) is 4.23. The van der Waals surface area contributed by atoms with Gasteiger partial charge in [-0.1, -0.05) is 24.3 Å². The van der Waals surface area contributed by atoms with E-state index in [4.69, 9.17) is 0 Å². The second-order valence-corrected chi connectivity index (χ2v) is 8.20. The van der Waals surface area contributed by atoms with E-state index in [0.717, 1.165) is 24.2 Å². The number of amides is 2. The minimum Gasteiger partial charge on any atom is -0.320 e. The molecular weight excluding hydrogens is 373 g/mol. The maximum Gasteiger partial charge on any atom is 0.322 e. The third-order valence-corrected chi connectivity index (χ3v) is 5.90. The van der Waals surface area contributed by atoms with Gasteiger partial charge in [0, 0.05) is 49.9 Å². The van der Waals surface area contributed by atoms with Gasteiger partial charge in [-0.05, 0) is 48.7 Å². The highest BCUT2D eigenvalue weighted by molar-refractivity contribution is 7.99. The zero-order valence-electron chi connectivity index (χ0n) is 16.4. The summed E-state index contributed by atoms with van der Waals surface area (Å²) in [5.74, 6) is 2.18. The summed E-state index contributed by atoms with van der Waals surface area (Å²) in [5.41, 5.74) is 2.84. The van der Waals surface area contributed by atoms with E-state index in [-0.39, 0.29) is 11.8 Å². The average Bonchev–Trinajstić information content (AvgIpc) is 2.72. The highest BCUT2D eigenvalue weighted by Crippen LogP contribution is 2.14. The van der Waals surface area contributed by atoms with Gasteiger partial charge in [-0.15, -0.1) is 0 Å². The number of nitrogens with one attached hydrogen (secondary N) is 1. The van der Waals surface area contributed by atoms with Gasteiger partial charge in [-0.25, -0.2) is 9.18 Å². The van der Waals surface area contributed by atoms with E-state index in [1.54, 1.807) is 11.0 Å². The summed E-state index contributed by atoms with van der Waals surface area (Å²) in [5, 5.41) is 2.94. The topological polar surface area (TPSA) is 35.6 Å². The summed E-state index contributed by atoms with van der Waals surface area (Å²) >= 11 is 2.03. The van der Waals surface area contributed by atoms with Crippen molar-refractivity contribution < 1.29 is 9.18 Å². The fraction of sp³-hybridized carbons (Fsp3) is 0.409. The van der Waals surface area contributed by atoms with Crippen molar-refractivity contribution in [1.82, 2.24) is 9.80 Å². The van der Waals surface area contributed by atoms with Crippen LogP contribution in [0.2, 0.25) is 0 Å². The van der Waals surface area contributed by atoms with Crippen molar-refractivity contribution in [1.29, 1.82) is 0 Å².